The third-order valence-electron chi connectivity index (χ3n) is 5.48. The van der Waals surface area contributed by atoms with Crippen molar-refractivity contribution >= 4 is 16.8 Å². The lowest BCUT2D eigenvalue weighted by molar-refractivity contribution is -0.176. The number of alkyl halides is 3. The molecule has 0 aliphatic heterocycles. The fourth-order valence-electron chi connectivity index (χ4n) is 3.50. The van der Waals surface area contributed by atoms with Gasteiger partial charge in [0.2, 0.25) is 0 Å². The van der Waals surface area contributed by atoms with Crippen molar-refractivity contribution < 1.29 is 23.1 Å². The van der Waals surface area contributed by atoms with Crippen LogP contribution in [-0.4, -0.2) is 56.0 Å². The molecule has 0 bridgehead atoms. The fraction of sp³-hybridized carbons (Fsp3) is 0.409. The number of halogens is 3. The maximum atomic E-state index is 13.1. The molecular formula is C22H26F3N5O2. The van der Waals surface area contributed by atoms with Crippen LogP contribution in [0.15, 0.2) is 36.7 Å². The molecule has 3 rings (SSSR count). The number of hydrogen-bond acceptors (Lipinski definition) is 5. The minimum absolute atomic E-state index is 0.0831. The molecule has 0 spiro atoms. The molecule has 0 saturated heterocycles. The zero-order chi connectivity index (χ0) is 23.6. The molecule has 0 aliphatic carbocycles. The number of carbonyl (C=O) groups excluding carboxylic acids is 1. The quantitative estimate of drug-likeness (QED) is 0.551. The number of primary amides is 1. The summed E-state index contributed by atoms with van der Waals surface area (Å²) in [6.07, 6.45) is -0.860. The number of amides is 1. The summed E-state index contributed by atoms with van der Waals surface area (Å²) < 4.78 is 40.9. The van der Waals surface area contributed by atoms with Crippen LogP contribution >= 0.6 is 0 Å². The zero-order valence-electron chi connectivity index (χ0n) is 18.1. The molecule has 0 unspecified atom stereocenters. The van der Waals surface area contributed by atoms with E-state index >= 15 is 0 Å². The van der Waals surface area contributed by atoms with Crippen molar-refractivity contribution in [3.8, 4) is 11.1 Å². The number of fused-ring (bicyclic) bond motifs is 1. The van der Waals surface area contributed by atoms with Gasteiger partial charge in [0.05, 0.1) is 24.2 Å². The Balaban J connectivity index is 2.01. The smallest absolute Gasteiger partial charge is 0.392 e. The molecule has 0 radical (unpaired) electrons. The SMILES string of the molecule is C[C@H](CN(Cc1ccc2c(-c3cnn(C)c3)cc(C(N)=O)nc2c1)[C@@H](C)CO)C(F)(F)F. The average molecular weight is 449 g/mol. The van der Waals surface area contributed by atoms with Gasteiger partial charge in [-0.25, -0.2) is 4.98 Å². The number of hydrogen-bond donors (Lipinski definition) is 2. The second-order valence-corrected chi connectivity index (χ2v) is 8.08. The summed E-state index contributed by atoms with van der Waals surface area (Å²) in [7, 11) is 1.78. The van der Waals surface area contributed by atoms with Gasteiger partial charge in [-0.2, -0.15) is 18.3 Å². The van der Waals surface area contributed by atoms with Crippen molar-refractivity contribution in [1.29, 1.82) is 0 Å². The number of aliphatic hydroxyl groups is 1. The Kier molecular flexibility index (Phi) is 6.85. The minimum Gasteiger partial charge on any atom is -0.395 e. The number of carbonyl (C=O) groups is 1. The first-order chi connectivity index (χ1) is 15.0. The number of aryl methyl sites for hydroxylation is 1. The summed E-state index contributed by atoms with van der Waals surface area (Å²) >= 11 is 0. The molecule has 0 saturated carbocycles. The van der Waals surface area contributed by atoms with Crippen molar-refractivity contribution in [2.24, 2.45) is 18.7 Å². The molecule has 172 valence electrons. The molecule has 1 aromatic carbocycles. The predicted octanol–water partition coefficient (Wildman–Crippen LogP) is 3.12. The zero-order valence-corrected chi connectivity index (χ0v) is 18.1. The van der Waals surface area contributed by atoms with Crippen LogP contribution in [-0.2, 0) is 13.6 Å². The normalized spacial score (nSPS) is 14.1. The lowest BCUT2D eigenvalue weighted by Gasteiger charge is -2.31. The summed E-state index contributed by atoms with van der Waals surface area (Å²) in [5, 5.41) is 14.5. The predicted molar refractivity (Wildman–Crippen MR) is 115 cm³/mol. The van der Waals surface area contributed by atoms with Crippen LogP contribution in [0.3, 0.4) is 0 Å². The van der Waals surface area contributed by atoms with Gasteiger partial charge in [0, 0.05) is 43.3 Å². The first kappa shape index (κ1) is 23.7. The summed E-state index contributed by atoms with van der Waals surface area (Å²) in [6, 6.07) is 6.50. The van der Waals surface area contributed by atoms with E-state index in [1.807, 2.05) is 12.1 Å². The van der Waals surface area contributed by atoms with Gasteiger partial charge in [-0.15, -0.1) is 0 Å². The Morgan fingerprint density at radius 1 is 1.28 bits per heavy atom. The van der Waals surface area contributed by atoms with Crippen LogP contribution in [0, 0.1) is 5.92 Å². The largest absolute Gasteiger partial charge is 0.395 e. The lowest BCUT2D eigenvalue weighted by Crippen LogP contribution is -2.41. The van der Waals surface area contributed by atoms with E-state index in [1.54, 1.807) is 48.1 Å². The van der Waals surface area contributed by atoms with Crippen molar-refractivity contribution in [3.63, 3.8) is 0 Å². The van der Waals surface area contributed by atoms with Crippen LogP contribution in [0.25, 0.3) is 22.0 Å². The van der Waals surface area contributed by atoms with E-state index in [1.165, 1.54) is 0 Å². The molecule has 2 heterocycles. The summed E-state index contributed by atoms with van der Waals surface area (Å²) in [5.74, 6) is -2.23. The highest BCUT2D eigenvalue weighted by Gasteiger charge is 2.37. The van der Waals surface area contributed by atoms with Crippen molar-refractivity contribution in [2.45, 2.75) is 32.6 Å². The van der Waals surface area contributed by atoms with Crippen LogP contribution in [0.2, 0.25) is 0 Å². The standard InChI is InChI=1S/C22H26F3N5O2/c1-13(22(23,24)25)9-30(14(2)12-31)10-15-4-5-17-18(16-8-27-29(3)11-16)7-20(21(26)32)28-19(17)6-15/h4-8,11,13-14,31H,9-10,12H2,1-3H3,(H2,26,32)/t13-,14+/m1/s1. The Morgan fingerprint density at radius 2 is 2.00 bits per heavy atom. The molecule has 10 heteroatoms. The molecule has 3 aromatic rings. The monoisotopic (exact) mass is 449 g/mol. The Bertz CT molecular complexity index is 1110. The Labute approximate surface area is 183 Å². The first-order valence-electron chi connectivity index (χ1n) is 10.1. The van der Waals surface area contributed by atoms with Crippen LogP contribution < -0.4 is 5.73 Å². The fourth-order valence-corrected chi connectivity index (χ4v) is 3.50. The molecule has 2 atom stereocenters. The van der Waals surface area contributed by atoms with E-state index in [-0.39, 0.29) is 25.4 Å². The summed E-state index contributed by atoms with van der Waals surface area (Å²) in [4.78, 5) is 17.8. The second-order valence-electron chi connectivity index (χ2n) is 8.08. The van der Waals surface area contributed by atoms with E-state index in [0.717, 1.165) is 23.4 Å². The van der Waals surface area contributed by atoms with Gasteiger partial charge >= 0.3 is 6.18 Å². The lowest BCUT2D eigenvalue weighted by atomic mass is 10.0. The Morgan fingerprint density at radius 3 is 2.56 bits per heavy atom. The highest BCUT2D eigenvalue weighted by Crippen LogP contribution is 2.30. The summed E-state index contributed by atoms with van der Waals surface area (Å²) in [5.41, 5.74) is 8.27. The Hall–Kier alpha value is -2.98. The van der Waals surface area contributed by atoms with Crippen molar-refractivity contribution in [1.82, 2.24) is 19.7 Å². The summed E-state index contributed by atoms with van der Waals surface area (Å²) in [6.45, 7) is 2.46. The topological polar surface area (TPSA) is 97.3 Å². The van der Waals surface area contributed by atoms with Crippen molar-refractivity contribution in [3.05, 3.63) is 47.9 Å². The highest BCUT2D eigenvalue weighted by atomic mass is 19.4. The van der Waals surface area contributed by atoms with Gasteiger partial charge in [-0.3, -0.25) is 14.4 Å². The number of pyridine rings is 1. The molecule has 0 aliphatic rings. The van der Waals surface area contributed by atoms with E-state index in [0.29, 0.717) is 11.1 Å². The van der Waals surface area contributed by atoms with Gasteiger partial charge < -0.3 is 10.8 Å². The molecule has 2 aromatic heterocycles. The maximum absolute atomic E-state index is 13.1. The number of nitrogens with two attached hydrogens (primary N) is 1. The van der Waals surface area contributed by atoms with Gasteiger partial charge in [-0.1, -0.05) is 19.1 Å². The van der Waals surface area contributed by atoms with E-state index in [2.05, 4.69) is 10.1 Å². The van der Waals surface area contributed by atoms with E-state index in [9.17, 15) is 23.1 Å². The molecule has 32 heavy (non-hydrogen) atoms. The molecule has 0 fully saturated rings. The third kappa shape index (κ3) is 5.25. The number of rotatable bonds is 8. The van der Waals surface area contributed by atoms with E-state index in [4.69, 9.17) is 5.73 Å². The number of nitrogens with zero attached hydrogens (tertiary/aromatic N) is 4. The van der Waals surface area contributed by atoms with Crippen molar-refractivity contribution in [2.75, 3.05) is 13.2 Å². The van der Waals surface area contributed by atoms with Crippen LogP contribution in [0.5, 0.6) is 0 Å². The maximum Gasteiger partial charge on any atom is 0.392 e. The molecule has 3 N–H and O–H groups in total. The second kappa shape index (κ2) is 9.25. The van der Waals surface area contributed by atoms with Gasteiger partial charge in [0.1, 0.15) is 5.69 Å². The third-order valence-corrected chi connectivity index (χ3v) is 5.48. The number of aliphatic hydroxyl groups excluding tert-OH is 1. The number of benzene rings is 1. The van der Waals surface area contributed by atoms with Crippen LogP contribution in [0.1, 0.15) is 29.9 Å². The molecular weight excluding hydrogens is 423 g/mol. The molecule has 1 amide bonds. The van der Waals surface area contributed by atoms with Gasteiger partial charge in [-0.05, 0) is 30.2 Å². The van der Waals surface area contributed by atoms with E-state index < -0.39 is 24.0 Å². The minimum atomic E-state index is -4.33. The highest BCUT2D eigenvalue weighted by molar-refractivity contribution is 6.00. The first-order valence-corrected chi connectivity index (χ1v) is 10.1. The number of aromatic nitrogens is 3. The van der Waals surface area contributed by atoms with Gasteiger partial charge in [0.25, 0.3) is 5.91 Å². The average Bonchev–Trinajstić information content (AvgIpc) is 3.16. The van der Waals surface area contributed by atoms with Gasteiger partial charge in [0.15, 0.2) is 0 Å². The van der Waals surface area contributed by atoms with Crippen LogP contribution in [0.4, 0.5) is 13.2 Å². The molecule has 7 nitrogen and oxygen atoms in total.